The maximum atomic E-state index is 11.0. The molecule has 18 heavy (non-hydrogen) atoms. The molecule has 0 heterocycles. The largest absolute Gasteiger partial charge is 0.479 e. The Hall–Kier alpha value is -0.970. The smallest absolute Gasteiger partial charge is 0.258 e. The molecule has 0 aliphatic rings. The predicted molar refractivity (Wildman–Crippen MR) is 73.1 cm³/mol. The van der Waals surface area contributed by atoms with Gasteiger partial charge < -0.3 is 15.8 Å². The lowest BCUT2D eigenvalue weighted by Crippen LogP contribution is -2.31. The highest BCUT2D eigenvalue weighted by Gasteiger charge is 2.16. The van der Waals surface area contributed by atoms with Crippen molar-refractivity contribution in [2.45, 2.75) is 26.5 Å². The first-order chi connectivity index (χ1) is 8.45. The minimum atomic E-state index is -0.746. The Morgan fingerprint density at radius 3 is 2.72 bits per heavy atom. The van der Waals surface area contributed by atoms with Gasteiger partial charge in [-0.3, -0.25) is 4.79 Å². The fourth-order valence-electron chi connectivity index (χ4n) is 1.37. The van der Waals surface area contributed by atoms with Crippen LogP contribution in [0.25, 0.3) is 0 Å². The Morgan fingerprint density at radius 2 is 2.17 bits per heavy atom. The Bertz CT molecular complexity index is 438. The number of hydrogen-bond acceptors (Lipinski definition) is 3. The van der Waals surface area contributed by atoms with Gasteiger partial charge in [0.15, 0.2) is 6.10 Å². The van der Waals surface area contributed by atoms with Gasteiger partial charge in [-0.2, -0.15) is 0 Å². The first kappa shape index (κ1) is 15.1. The minimum absolute atomic E-state index is 0.364. The fraction of sp³-hybridized carbons (Fsp3) is 0.417. The Morgan fingerprint density at radius 1 is 1.50 bits per heavy atom. The van der Waals surface area contributed by atoms with Crippen LogP contribution in [0.15, 0.2) is 12.1 Å². The van der Waals surface area contributed by atoms with E-state index >= 15 is 0 Å². The molecule has 4 nitrogen and oxygen atoms in total. The van der Waals surface area contributed by atoms with Crippen LogP contribution in [0, 0.1) is 0 Å². The van der Waals surface area contributed by atoms with Crippen LogP contribution >= 0.6 is 23.2 Å². The number of amides is 1. The van der Waals surface area contributed by atoms with Crippen molar-refractivity contribution in [3.8, 4) is 5.75 Å². The number of nitrogens with two attached hydrogens (primary N) is 1. The number of rotatable bonds is 6. The topological polar surface area (TPSA) is 64.3 Å². The summed E-state index contributed by atoms with van der Waals surface area (Å²) in [6, 6.07) is 3.32. The molecule has 0 aliphatic carbocycles. The van der Waals surface area contributed by atoms with E-state index < -0.39 is 12.0 Å². The van der Waals surface area contributed by atoms with E-state index in [0.29, 0.717) is 22.3 Å². The van der Waals surface area contributed by atoms with E-state index in [4.69, 9.17) is 33.7 Å². The van der Waals surface area contributed by atoms with E-state index in [0.717, 1.165) is 12.1 Å². The molecule has 0 saturated carbocycles. The first-order valence-corrected chi connectivity index (χ1v) is 6.36. The summed E-state index contributed by atoms with van der Waals surface area (Å²) in [6.45, 7) is 4.91. The van der Waals surface area contributed by atoms with Crippen molar-refractivity contribution in [3.05, 3.63) is 27.7 Å². The summed E-state index contributed by atoms with van der Waals surface area (Å²) < 4.78 is 5.48. The molecular weight excluding hydrogens is 275 g/mol. The molecule has 100 valence electrons. The van der Waals surface area contributed by atoms with Gasteiger partial charge in [0.1, 0.15) is 5.75 Å². The summed E-state index contributed by atoms with van der Waals surface area (Å²) in [5.74, 6) is -0.108. The van der Waals surface area contributed by atoms with E-state index in [1.165, 1.54) is 0 Å². The van der Waals surface area contributed by atoms with Crippen molar-refractivity contribution >= 4 is 29.1 Å². The number of carbonyl (C=O) groups excluding carboxylic acids is 1. The van der Waals surface area contributed by atoms with Gasteiger partial charge in [0.25, 0.3) is 5.91 Å². The molecule has 1 aromatic rings. The van der Waals surface area contributed by atoms with Gasteiger partial charge in [0, 0.05) is 17.1 Å². The number of nitrogens with one attached hydrogen (secondary N) is 1. The lowest BCUT2D eigenvalue weighted by molar-refractivity contribution is -0.123. The van der Waals surface area contributed by atoms with E-state index in [1.54, 1.807) is 19.1 Å². The Labute approximate surface area is 116 Å². The molecule has 0 saturated heterocycles. The van der Waals surface area contributed by atoms with Crippen molar-refractivity contribution in [1.82, 2.24) is 5.32 Å². The predicted octanol–water partition coefficient (Wildman–Crippen LogP) is 2.36. The maximum absolute atomic E-state index is 11.0. The van der Waals surface area contributed by atoms with E-state index in [1.807, 2.05) is 6.92 Å². The molecule has 1 rings (SSSR count). The number of carbonyl (C=O) groups is 1. The van der Waals surface area contributed by atoms with E-state index in [2.05, 4.69) is 5.32 Å². The van der Waals surface area contributed by atoms with Gasteiger partial charge in [-0.15, -0.1) is 0 Å². The van der Waals surface area contributed by atoms with Crippen molar-refractivity contribution in [1.29, 1.82) is 0 Å². The monoisotopic (exact) mass is 290 g/mol. The van der Waals surface area contributed by atoms with Gasteiger partial charge in [0.2, 0.25) is 0 Å². The van der Waals surface area contributed by atoms with Gasteiger partial charge in [-0.05, 0) is 25.6 Å². The number of primary amides is 1. The molecule has 0 fully saturated rings. The van der Waals surface area contributed by atoms with Crippen molar-refractivity contribution in [2.75, 3.05) is 6.54 Å². The van der Waals surface area contributed by atoms with Crippen molar-refractivity contribution in [2.24, 2.45) is 5.73 Å². The van der Waals surface area contributed by atoms with Crippen LogP contribution in [0.4, 0.5) is 0 Å². The number of ether oxygens (including phenoxy) is 1. The lowest BCUT2D eigenvalue weighted by Gasteiger charge is -2.17. The van der Waals surface area contributed by atoms with Crippen molar-refractivity contribution in [3.63, 3.8) is 0 Å². The first-order valence-electron chi connectivity index (χ1n) is 5.60. The second-order valence-corrected chi connectivity index (χ2v) is 4.66. The summed E-state index contributed by atoms with van der Waals surface area (Å²) >= 11 is 12.0. The second-order valence-electron chi connectivity index (χ2n) is 3.82. The average molecular weight is 291 g/mol. The third kappa shape index (κ3) is 4.05. The molecule has 0 bridgehead atoms. The van der Waals surface area contributed by atoms with Crippen LogP contribution in [0.5, 0.6) is 5.75 Å². The molecule has 6 heteroatoms. The molecule has 0 aliphatic heterocycles. The standard InChI is InChI=1S/C12H16Cl2N2O2/c1-3-16-6-8-4-9(13)5-10(14)11(8)18-7(2)12(15)17/h4-5,7,16H,3,6H2,1-2H3,(H2,15,17). The van der Waals surface area contributed by atoms with Crippen LogP contribution in [0.1, 0.15) is 19.4 Å². The van der Waals surface area contributed by atoms with Gasteiger partial charge >= 0.3 is 0 Å². The van der Waals surface area contributed by atoms with E-state index in [9.17, 15) is 4.79 Å². The SMILES string of the molecule is CCNCc1cc(Cl)cc(Cl)c1OC(C)C(N)=O. The van der Waals surface area contributed by atoms with Crippen LogP contribution in [0.3, 0.4) is 0 Å². The molecule has 3 N–H and O–H groups in total. The van der Waals surface area contributed by atoms with Gasteiger partial charge in [-0.1, -0.05) is 30.1 Å². The third-order valence-electron chi connectivity index (χ3n) is 2.35. The zero-order valence-electron chi connectivity index (χ0n) is 10.3. The highest BCUT2D eigenvalue weighted by molar-refractivity contribution is 6.35. The van der Waals surface area contributed by atoms with E-state index in [-0.39, 0.29) is 0 Å². The maximum Gasteiger partial charge on any atom is 0.258 e. The summed E-state index contributed by atoms with van der Waals surface area (Å²) in [5, 5.41) is 4.03. The minimum Gasteiger partial charge on any atom is -0.479 e. The highest BCUT2D eigenvalue weighted by atomic mass is 35.5. The number of benzene rings is 1. The second kappa shape index (κ2) is 6.83. The molecule has 0 aromatic heterocycles. The Balaban J connectivity index is 3.02. The third-order valence-corrected chi connectivity index (χ3v) is 2.85. The van der Waals surface area contributed by atoms with Crippen LogP contribution in [-0.4, -0.2) is 18.6 Å². The van der Waals surface area contributed by atoms with Crippen LogP contribution in [0.2, 0.25) is 10.0 Å². The average Bonchev–Trinajstić information content (AvgIpc) is 2.29. The summed E-state index contributed by atoms with van der Waals surface area (Å²) in [5.41, 5.74) is 5.96. The highest BCUT2D eigenvalue weighted by Crippen LogP contribution is 2.33. The molecule has 1 aromatic carbocycles. The van der Waals surface area contributed by atoms with Gasteiger partial charge in [0.05, 0.1) is 5.02 Å². The summed E-state index contributed by atoms with van der Waals surface area (Å²) in [7, 11) is 0. The molecular formula is C12H16Cl2N2O2. The van der Waals surface area contributed by atoms with Crippen LogP contribution < -0.4 is 15.8 Å². The number of hydrogen-bond donors (Lipinski definition) is 2. The molecule has 0 spiro atoms. The molecule has 1 unspecified atom stereocenters. The molecule has 1 atom stereocenters. The lowest BCUT2D eigenvalue weighted by atomic mass is 10.2. The van der Waals surface area contributed by atoms with Gasteiger partial charge in [-0.25, -0.2) is 0 Å². The van der Waals surface area contributed by atoms with Crippen LogP contribution in [-0.2, 0) is 11.3 Å². The summed E-state index contributed by atoms with van der Waals surface area (Å²) in [4.78, 5) is 11.0. The zero-order valence-corrected chi connectivity index (χ0v) is 11.8. The zero-order chi connectivity index (χ0) is 13.7. The molecule has 0 radical (unpaired) electrons. The quantitative estimate of drug-likeness (QED) is 0.845. The summed E-state index contributed by atoms with van der Waals surface area (Å²) in [6.07, 6.45) is -0.746. The normalized spacial score (nSPS) is 12.2. The van der Waals surface area contributed by atoms with Crippen molar-refractivity contribution < 1.29 is 9.53 Å². The molecule has 1 amide bonds. The fourth-order valence-corrected chi connectivity index (χ4v) is 1.95. The number of halogens is 2. The Kier molecular flexibility index (Phi) is 5.72.